The van der Waals surface area contributed by atoms with Crippen molar-refractivity contribution in [3.8, 4) is 16.9 Å². The zero-order valence-corrected chi connectivity index (χ0v) is 16.5. The molecule has 8 heteroatoms. The summed E-state index contributed by atoms with van der Waals surface area (Å²) in [4.78, 5) is 39.5. The van der Waals surface area contributed by atoms with Crippen LogP contribution in [-0.4, -0.2) is 33.8 Å². The Labute approximate surface area is 177 Å². The molecule has 0 saturated carbocycles. The first-order valence-corrected chi connectivity index (χ1v) is 9.39. The Hall–Kier alpha value is -4.46. The molecule has 0 bridgehead atoms. The highest BCUT2D eigenvalue weighted by Gasteiger charge is 2.20. The number of carbonyl (C=O) groups is 2. The van der Waals surface area contributed by atoms with Gasteiger partial charge in [0, 0.05) is 18.0 Å². The molecule has 0 aliphatic carbocycles. The van der Waals surface area contributed by atoms with Gasteiger partial charge in [-0.1, -0.05) is 48.5 Å². The fourth-order valence-corrected chi connectivity index (χ4v) is 3.06. The summed E-state index contributed by atoms with van der Waals surface area (Å²) in [6.45, 7) is 0. The summed E-state index contributed by atoms with van der Waals surface area (Å²) >= 11 is 0. The lowest BCUT2D eigenvalue weighted by Gasteiger charge is -2.06. The largest absolute Gasteiger partial charge is 0.465 e. The zero-order chi connectivity index (χ0) is 21.8. The molecule has 2 heterocycles. The predicted molar refractivity (Wildman–Crippen MR) is 115 cm³/mol. The molecular formula is C23H18N4O4. The third kappa shape index (κ3) is 4.13. The third-order valence-electron chi connectivity index (χ3n) is 4.60. The minimum Gasteiger partial charge on any atom is -0.465 e. The number of benzene rings is 2. The van der Waals surface area contributed by atoms with E-state index in [4.69, 9.17) is 0 Å². The van der Waals surface area contributed by atoms with Gasteiger partial charge in [0.15, 0.2) is 0 Å². The molecular weight excluding hydrogens is 396 g/mol. The number of anilines is 1. The van der Waals surface area contributed by atoms with Gasteiger partial charge in [-0.25, -0.2) is 9.48 Å². The van der Waals surface area contributed by atoms with Crippen molar-refractivity contribution in [2.24, 2.45) is 0 Å². The number of H-pyrrole nitrogens is 1. The molecule has 1 amide bonds. The van der Waals surface area contributed by atoms with Crippen LogP contribution in [0, 0.1) is 0 Å². The number of aromatic amines is 1. The van der Waals surface area contributed by atoms with Crippen LogP contribution in [0.25, 0.3) is 16.9 Å². The average Bonchev–Trinajstić information content (AvgIpc) is 3.27. The first-order valence-electron chi connectivity index (χ1n) is 9.39. The predicted octanol–water partition coefficient (Wildman–Crippen LogP) is 3.27. The van der Waals surface area contributed by atoms with Gasteiger partial charge in [-0.3, -0.25) is 9.59 Å². The van der Waals surface area contributed by atoms with Gasteiger partial charge in [-0.2, -0.15) is 5.10 Å². The smallest absolute Gasteiger partial charge is 0.339 e. The Morgan fingerprint density at radius 3 is 2.39 bits per heavy atom. The molecule has 0 aliphatic rings. The molecule has 2 aromatic carbocycles. The maximum Gasteiger partial charge on any atom is 0.339 e. The Balaban J connectivity index is 1.75. The SMILES string of the molecule is COC(=O)c1c[nH]c(=O)c(NC(=O)c2cn(-c3ccccc3)nc2-c2ccccc2)c1. The number of para-hydroxylation sites is 1. The molecule has 8 nitrogen and oxygen atoms in total. The molecule has 0 unspecified atom stereocenters. The summed E-state index contributed by atoms with van der Waals surface area (Å²) in [5, 5.41) is 7.17. The van der Waals surface area contributed by atoms with E-state index in [9.17, 15) is 14.4 Å². The van der Waals surface area contributed by atoms with Crippen molar-refractivity contribution in [3.05, 3.63) is 101 Å². The van der Waals surface area contributed by atoms with Crippen molar-refractivity contribution >= 4 is 17.6 Å². The number of pyridine rings is 1. The van der Waals surface area contributed by atoms with Crippen LogP contribution in [-0.2, 0) is 4.74 Å². The quantitative estimate of drug-likeness (QED) is 0.488. The van der Waals surface area contributed by atoms with E-state index in [0.29, 0.717) is 5.69 Å². The lowest BCUT2D eigenvalue weighted by molar-refractivity contribution is 0.0600. The van der Waals surface area contributed by atoms with E-state index < -0.39 is 17.4 Å². The fraction of sp³-hybridized carbons (Fsp3) is 0.0435. The van der Waals surface area contributed by atoms with Gasteiger partial charge < -0.3 is 15.0 Å². The second-order valence-corrected chi connectivity index (χ2v) is 6.61. The molecule has 2 aromatic heterocycles. The molecule has 154 valence electrons. The van der Waals surface area contributed by atoms with Crippen LogP contribution in [0.4, 0.5) is 5.69 Å². The number of esters is 1. The Kier molecular flexibility index (Phi) is 5.44. The molecule has 0 saturated heterocycles. The van der Waals surface area contributed by atoms with E-state index >= 15 is 0 Å². The van der Waals surface area contributed by atoms with Crippen LogP contribution >= 0.6 is 0 Å². The van der Waals surface area contributed by atoms with Crippen molar-refractivity contribution < 1.29 is 14.3 Å². The number of carbonyl (C=O) groups excluding carboxylic acids is 2. The number of amides is 1. The van der Waals surface area contributed by atoms with E-state index in [1.54, 1.807) is 10.9 Å². The summed E-state index contributed by atoms with van der Waals surface area (Å²) in [7, 11) is 1.23. The summed E-state index contributed by atoms with van der Waals surface area (Å²) in [5.74, 6) is -1.16. The zero-order valence-electron chi connectivity index (χ0n) is 16.5. The first-order chi connectivity index (χ1) is 15.1. The van der Waals surface area contributed by atoms with Crippen molar-refractivity contribution in [1.82, 2.24) is 14.8 Å². The van der Waals surface area contributed by atoms with E-state index in [-0.39, 0.29) is 16.8 Å². The number of methoxy groups -OCH3 is 1. The van der Waals surface area contributed by atoms with Crippen LogP contribution in [0.3, 0.4) is 0 Å². The molecule has 0 atom stereocenters. The van der Waals surface area contributed by atoms with E-state index in [1.807, 2.05) is 60.7 Å². The molecule has 31 heavy (non-hydrogen) atoms. The molecule has 0 aliphatic heterocycles. The van der Waals surface area contributed by atoms with E-state index in [1.165, 1.54) is 19.4 Å². The minimum atomic E-state index is -0.631. The maximum atomic E-state index is 13.1. The standard InChI is InChI=1S/C23H18N4O4/c1-31-23(30)16-12-19(22(29)24-13-16)25-21(28)18-14-27(17-10-6-3-7-11-17)26-20(18)15-8-4-2-5-9-15/h2-14H,1H3,(H,24,29)(H,25,28). The number of hydrogen-bond acceptors (Lipinski definition) is 5. The summed E-state index contributed by atoms with van der Waals surface area (Å²) < 4.78 is 6.27. The molecule has 2 N–H and O–H groups in total. The van der Waals surface area contributed by atoms with Gasteiger partial charge in [0.1, 0.15) is 11.4 Å². The van der Waals surface area contributed by atoms with Crippen molar-refractivity contribution in [2.75, 3.05) is 12.4 Å². The number of rotatable bonds is 5. The van der Waals surface area contributed by atoms with Crippen LogP contribution < -0.4 is 10.9 Å². The lowest BCUT2D eigenvalue weighted by atomic mass is 10.1. The highest BCUT2D eigenvalue weighted by atomic mass is 16.5. The topological polar surface area (TPSA) is 106 Å². The Bertz CT molecular complexity index is 1290. The normalized spacial score (nSPS) is 10.5. The number of hydrogen-bond donors (Lipinski definition) is 2. The summed E-state index contributed by atoms with van der Waals surface area (Å²) in [6.07, 6.45) is 2.83. The van der Waals surface area contributed by atoms with E-state index in [2.05, 4.69) is 20.1 Å². The molecule has 4 rings (SSSR count). The molecule has 0 spiro atoms. The monoisotopic (exact) mass is 414 g/mol. The summed E-state index contributed by atoms with van der Waals surface area (Å²) in [5.41, 5.74) is 1.77. The third-order valence-corrected chi connectivity index (χ3v) is 4.60. The highest BCUT2D eigenvalue weighted by Crippen LogP contribution is 2.24. The van der Waals surface area contributed by atoms with Gasteiger partial charge in [0.25, 0.3) is 11.5 Å². The number of nitrogens with one attached hydrogen (secondary N) is 2. The van der Waals surface area contributed by atoms with Crippen LogP contribution in [0.2, 0.25) is 0 Å². The van der Waals surface area contributed by atoms with Gasteiger partial charge >= 0.3 is 5.97 Å². The highest BCUT2D eigenvalue weighted by molar-refractivity contribution is 6.08. The van der Waals surface area contributed by atoms with Crippen molar-refractivity contribution in [3.63, 3.8) is 0 Å². The van der Waals surface area contributed by atoms with Crippen LogP contribution in [0.5, 0.6) is 0 Å². The van der Waals surface area contributed by atoms with Crippen LogP contribution in [0.15, 0.2) is 83.9 Å². The summed E-state index contributed by atoms with van der Waals surface area (Å²) in [6, 6.07) is 19.9. The van der Waals surface area contributed by atoms with Gasteiger partial charge in [-0.15, -0.1) is 0 Å². The first kappa shape index (κ1) is 19.8. The Morgan fingerprint density at radius 1 is 1.03 bits per heavy atom. The molecule has 0 fully saturated rings. The minimum absolute atomic E-state index is 0.0700. The van der Waals surface area contributed by atoms with Crippen molar-refractivity contribution in [1.29, 1.82) is 0 Å². The maximum absolute atomic E-state index is 13.1. The van der Waals surface area contributed by atoms with Crippen LogP contribution in [0.1, 0.15) is 20.7 Å². The Morgan fingerprint density at radius 2 is 1.71 bits per heavy atom. The van der Waals surface area contributed by atoms with E-state index in [0.717, 1.165) is 11.3 Å². The van der Waals surface area contributed by atoms with Gasteiger partial charge in [0.05, 0.1) is 23.9 Å². The van der Waals surface area contributed by atoms with Crippen molar-refractivity contribution in [2.45, 2.75) is 0 Å². The average molecular weight is 414 g/mol. The molecule has 0 radical (unpaired) electrons. The van der Waals surface area contributed by atoms with Gasteiger partial charge in [0.2, 0.25) is 0 Å². The second-order valence-electron chi connectivity index (χ2n) is 6.61. The number of ether oxygens (including phenoxy) is 1. The van der Waals surface area contributed by atoms with Gasteiger partial charge in [-0.05, 0) is 18.2 Å². The second kappa shape index (κ2) is 8.50. The lowest BCUT2D eigenvalue weighted by Crippen LogP contribution is -2.21. The fourth-order valence-electron chi connectivity index (χ4n) is 3.06. The number of nitrogens with zero attached hydrogens (tertiary/aromatic N) is 2. The number of aromatic nitrogens is 3. The molecule has 4 aromatic rings.